The minimum atomic E-state index is -4.76. The quantitative estimate of drug-likeness (QED) is 0.701. The molecule has 4 nitrogen and oxygen atoms in total. The summed E-state index contributed by atoms with van der Waals surface area (Å²) in [5.41, 5.74) is 0.331. The first kappa shape index (κ1) is 21.3. The number of benzene rings is 2. The second-order valence-electron chi connectivity index (χ2n) is 8.14. The number of nitrogens with zero attached hydrogens (tertiary/aromatic N) is 1. The molecule has 0 bridgehead atoms. The molecule has 31 heavy (non-hydrogen) atoms. The molecule has 1 saturated carbocycles. The molecule has 0 atom stereocenters. The highest BCUT2D eigenvalue weighted by Crippen LogP contribution is 2.34. The van der Waals surface area contributed by atoms with E-state index in [4.69, 9.17) is 0 Å². The van der Waals surface area contributed by atoms with Gasteiger partial charge < -0.3 is 10.2 Å². The smallest absolute Gasteiger partial charge is 0.352 e. The Morgan fingerprint density at radius 3 is 2.55 bits per heavy atom. The van der Waals surface area contributed by atoms with E-state index in [1.54, 1.807) is 18.2 Å². The number of halogens is 4. The molecule has 4 rings (SSSR count). The van der Waals surface area contributed by atoms with E-state index >= 15 is 0 Å². The molecule has 0 radical (unpaired) electrons. The summed E-state index contributed by atoms with van der Waals surface area (Å²) in [5, 5.41) is 2.91. The SMILES string of the molecule is O=C(NCCC1CC1)c1ccc2c(c1)CCN(C(=O)c1cc(F)ccc1C(F)(F)F)C2. The third-order valence-electron chi connectivity index (χ3n) is 5.82. The average Bonchev–Trinajstić information content (AvgIpc) is 3.55. The van der Waals surface area contributed by atoms with Crippen LogP contribution in [0.15, 0.2) is 36.4 Å². The van der Waals surface area contributed by atoms with Crippen molar-refractivity contribution in [3.63, 3.8) is 0 Å². The molecule has 1 aliphatic carbocycles. The van der Waals surface area contributed by atoms with Crippen LogP contribution in [0.25, 0.3) is 0 Å². The number of amides is 2. The average molecular weight is 434 g/mol. The van der Waals surface area contributed by atoms with Crippen LogP contribution in [0.5, 0.6) is 0 Å². The van der Waals surface area contributed by atoms with Crippen LogP contribution < -0.4 is 5.32 Å². The summed E-state index contributed by atoms with van der Waals surface area (Å²) in [4.78, 5) is 26.4. The van der Waals surface area contributed by atoms with E-state index in [-0.39, 0.29) is 19.0 Å². The molecule has 0 unspecified atom stereocenters. The van der Waals surface area contributed by atoms with Crippen molar-refractivity contribution in [3.8, 4) is 0 Å². The maximum Gasteiger partial charge on any atom is 0.417 e. The van der Waals surface area contributed by atoms with Crippen molar-refractivity contribution < 1.29 is 27.2 Å². The first-order valence-corrected chi connectivity index (χ1v) is 10.3. The monoisotopic (exact) mass is 434 g/mol. The standard InChI is InChI=1S/C23H22F4N2O2/c24-18-5-6-20(23(25,26)27)19(12-18)22(31)29-10-8-15-11-16(3-4-17(15)13-29)21(30)28-9-7-14-1-2-14/h3-6,11-12,14H,1-2,7-10,13H2,(H,28,30). The second kappa shape index (κ2) is 8.32. The van der Waals surface area contributed by atoms with E-state index in [1.165, 1.54) is 17.7 Å². The van der Waals surface area contributed by atoms with E-state index in [2.05, 4.69) is 5.32 Å². The van der Waals surface area contributed by atoms with Gasteiger partial charge >= 0.3 is 6.18 Å². The van der Waals surface area contributed by atoms with Crippen molar-refractivity contribution >= 4 is 11.8 Å². The fourth-order valence-corrected chi connectivity index (χ4v) is 3.88. The lowest BCUT2D eigenvalue weighted by atomic mass is 9.96. The molecule has 164 valence electrons. The van der Waals surface area contributed by atoms with Gasteiger partial charge in [0.2, 0.25) is 0 Å². The molecule has 1 heterocycles. The Morgan fingerprint density at radius 1 is 1.06 bits per heavy atom. The molecule has 8 heteroatoms. The number of hydrogen-bond acceptors (Lipinski definition) is 2. The van der Waals surface area contributed by atoms with E-state index < -0.39 is 29.0 Å². The molecular weight excluding hydrogens is 412 g/mol. The third kappa shape index (κ3) is 4.89. The lowest BCUT2D eigenvalue weighted by Crippen LogP contribution is -2.37. The molecule has 0 spiro atoms. The van der Waals surface area contributed by atoms with Crippen LogP contribution in [0, 0.1) is 11.7 Å². The molecule has 1 N–H and O–H groups in total. The van der Waals surface area contributed by atoms with Crippen LogP contribution in [-0.4, -0.2) is 29.8 Å². The number of rotatable bonds is 5. The maximum absolute atomic E-state index is 13.6. The summed E-state index contributed by atoms with van der Waals surface area (Å²) in [6.45, 7) is 0.927. The number of carbonyl (C=O) groups excluding carboxylic acids is 2. The molecule has 2 aliphatic rings. The zero-order chi connectivity index (χ0) is 22.2. The van der Waals surface area contributed by atoms with Gasteiger partial charge in [0.05, 0.1) is 11.1 Å². The Kier molecular flexibility index (Phi) is 5.73. The highest BCUT2D eigenvalue weighted by Gasteiger charge is 2.37. The summed E-state index contributed by atoms with van der Waals surface area (Å²) < 4.78 is 53.4. The molecule has 1 aliphatic heterocycles. The van der Waals surface area contributed by atoms with Crippen LogP contribution in [0.3, 0.4) is 0 Å². The number of hydrogen-bond donors (Lipinski definition) is 1. The molecule has 0 saturated heterocycles. The topological polar surface area (TPSA) is 49.4 Å². The zero-order valence-corrected chi connectivity index (χ0v) is 16.8. The Labute approximate surface area is 177 Å². The first-order chi connectivity index (χ1) is 14.7. The van der Waals surface area contributed by atoms with Crippen LogP contribution in [0.1, 0.15) is 56.7 Å². The lowest BCUT2D eigenvalue weighted by molar-refractivity contribution is -0.138. The Balaban J connectivity index is 1.47. The van der Waals surface area contributed by atoms with Crippen LogP contribution in [0.2, 0.25) is 0 Å². The fourth-order valence-electron chi connectivity index (χ4n) is 3.88. The van der Waals surface area contributed by atoms with Gasteiger partial charge in [-0.3, -0.25) is 9.59 Å². The van der Waals surface area contributed by atoms with E-state index in [0.717, 1.165) is 23.5 Å². The lowest BCUT2D eigenvalue weighted by Gasteiger charge is -2.30. The van der Waals surface area contributed by atoms with Gasteiger partial charge in [-0.25, -0.2) is 4.39 Å². The summed E-state index contributed by atoms with van der Waals surface area (Å²) >= 11 is 0. The number of alkyl halides is 3. The molecule has 0 aromatic heterocycles. The van der Waals surface area contributed by atoms with E-state index in [0.29, 0.717) is 36.7 Å². The minimum Gasteiger partial charge on any atom is -0.352 e. The van der Waals surface area contributed by atoms with Gasteiger partial charge in [-0.2, -0.15) is 13.2 Å². The molecule has 1 fully saturated rings. The number of fused-ring (bicyclic) bond motifs is 1. The Hall–Kier alpha value is -2.90. The van der Waals surface area contributed by atoms with E-state index in [9.17, 15) is 27.2 Å². The van der Waals surface area contributed by atoms with Gasteiger partial charge in [-0.1, -0.05) is 18.9 Å². The van der Waals surface area contributed by atoms with Crippen molar-refractivity contribution in [1.82, 2.24) is 10.2 Å². The van der Waals surface area contributed by atoms with Gasteiger partial charge in [0.25, 0.3) is 11.8 Å². The van der Waals surface area contributed by atoms with Crippen LogP contribution >= 0.6 is 0 Å². The van der Waals surface area contributed by atoms with Crippen molar-refractivity contribution in [2.24, 2.45) is 5.92 Å². The maximum atomic E-state index is 13.6. The van der Waals surface area contributed by atoms with Gasteiger partial charge in [0.15, 0.2) is 0 Å². The third-order valence-corrected chi connectivity index (χ3v) is 5.82. The minimum absolute atomic E-state index is 0.103. The van der Waals surface area contributed by atoms with Crippen molar-refractivity contribution in [2.75, 3.05) is 13.1 Å². The number of carbonyl (C=O) groups is 2. The van der Waals surface area contributed by atoms with Crippen molar-refractivity contribution in [3.05, 3.63) is 70.0 Å². The highest BCUT2D eigenvalue weighted by atomic mass is 19.4. The van der Waals surface area contributed by atoms with Gasteiger partial charge in [-0.15, -0.1) is 0 Å². The normalized spacial score (nSPS) is 16.1. The van der Waals surface area contributed by atoms with Crippen LogP contribution in [-0.2, 0) is 19.1 Å². The Bertz CT molecular complexity index is 1020. The highest BCUT2D eigenvalue weighted by molar-refractivity contribution is 5.96. The van der Waals surface area contributed by atoms with E-state index in [1.807, 2.05) is 0 Å². The van der Waals surface area contributed by atoms with Gasteiger partial charge in [-0.05, 0) is 60.2 Å². The summed E-state index contributed by atoms with van der Waals surface area (Å²) in [5.74, 6) is -1.19. The predicted octanol–water partition coefficient (Wildman–Crippen LogP) is 4.57. The molecule has 2 aromatic carbocycles. The largest absolute Gasteiger partial charge is 0.417 e. The summed E-state index contributed by atoms with van der Waals surface area (Å²) in [7, 11) is 0. The van der Waals surface area contributed by atoms with Gasteiger partial charge in [0.1, 0.15) is 5.82 Å². The second-order valence-corrected chi connectivity index (χ2v) is 8.14. The van der Waals surface area contributed by atoms with Crippen molar-refractivity contribution in [1.29, 1.82) is 0 Å². The summed E-state index contributed by atoms with van der Waals surface area (Å²) in [6, 6.07) is 7.07. The Morgan fingerprint density at radius 2 is 1.84 bits per heavy atom. The van der Waals surface area contributed by atoms with Crippen molar-refractivity contribution in [2.45, 2.75) is 38.4 Å². The predicted molar refractivity (Wildman–Crippen MR) is 106 cm³/mol. The fraction of sp³-hybridized carbons (Fsp3) is 0.391. The zero-order valence-electron chi connectivity index (χ0n) is 16.8. The molecular formula is C23H22F4N2O2. The number of nitrogens with one attached hydrogen (secondary N) is 1. The van der Waals surface area contributed by atoms with Crippen LogP contribution in [0.4, 0.5) is 17.6 Å². The first-order valence-electron chi connectivity index (χ1n) is 10.3. The molecule has 2 amide bonds. The van der Waals surface area contributed by atoms with Gasteiger partial charge in [0, 0.05) is 25.2 Å². The molecule has 2 aromatic rings. The summed E-state index contributed by atoms with van der Waals surface area (Å²) in [6.07, 6.45) is -0.920.